The number of carbonyl (C=O) groups is 1. The second kappa shape index (κ2) is 7.09. The van der Waals surface area contributed by atoms with E-state index in [2.05, 4.69) is 5.32 Å². The van der Waals surface area contributed by atoms with Crippen LogP contribution in [0.25, 0.3) is 0 Å². The van der Waals surface area contributed by atoms with Crippen LogP contribution in [0.3, 0.4) is 0 Å². The third-order valence-corrected chi connectivity index (χ3v) is 6.64. The standard InChI is InChI=1S/C15H28N2O3S/c1-17(11-15(18)16-10-12-6-5-7-12)13-8-3-4-9-14(13)21(2,19)20/h12-14H,3-11H2,1-2H3,(H,16,18)/t13-,14+/m0/s1. The van der Waals surface area contributed by atoms with Gasteiger partial charge in [0.15, 0.2) is 9.84 Å². The lowest BCUT2D eigenvalue weighted by Gasteiger charge is -2.36. The molecule has 1 N–H and O–H groups in total. The fourth-order valence-electron chi connectivity index (χ4n) is 3.44. The summed E-state index contributed by atoms with van der Waals surface area (Å²) in [7, 11) is -1.18. The van der Waals surface area contributed by atoms with Gasteiger partial charge in [-0.05, 0) is 38.6 Å². The lowest BCUT2D eigenvalue weighted by Crippen LogP contribution is -2.50. The van der Waals surface area contributed by atoms with Crippen molar-refractivity contribution in [1.29, 1.82) is 0 Å². The summed E-state index contributed by atoms with van der Waals surface area (Å²) in [5, 5.41) is 2.65. The van der Waals surface area contributed by atoms with Crippen molar-refractivity contribution in [3.63, 3.8) is 0 Å². The van der Waals surface area contributed by atoms with Gasteiger partial charge >= 0.3 is 0 Å². The second-order valence-electron chi connectivity index (χ2n) is 6.74. The van der Waals surface area contributed by atoms with Crippen LogP contribution in [-0.4, -0.2) is 56.9 Å². The Bertz CT molecular complexity index is 460. The minimum absolute atomic E-state index is 0.0159. The summed E-state index contributed by atoms with van der Waals surface area (Å²) in [4.78, 5) is 13.9. The number of rotatable bonds is 6. The Balaban J connectivity index is 1.84. The highest BCUT2D eigenvalue weighted by molar-refractivity contribution is 7.91. The summed E-state index contributed by atoms with van der Waals surface area (Å²) in [5.74, 6) is 0.667. The Morgan fingerprint density at radius 3 is 2.38 bits per heavy atom. The van der Waals surface area contributed by atoms with E-state index in [1.165, 1.54) is 25.5 Å². The summed E-state index contributed by atoms with van der Waals surface area (Å²) in [6.07, 6.45) is 8.63. The molecule has 0 aromatic rings. The zero-order chi connectivity index (χ0) is 15.5. The van der Waals surface area contributed by atoms with Gasteiger partial charge in [-0.1, -0.05) is 19.3 Å². The highest BCUT2D eigenvalue weighted by Gasteiger charge is 2.35. The van der Waals surface area contributed by atoms with E-state index in [1.54, 1.807) is 0 Å². The topological polar surface area (TPSA) is 66.5 Å². The Morgan fingerprint density at radius 2 is 1.81 bits per heavy atom. The lowest BCUT2D eigenvalue weighted by atomic mass is 9.85. The number of nitrogens with one attached hydrogen (secondary N) is 1. The smallest absolute Gasteiger partial charge is 0.234 e. The van der Waals surface area contributed by atoms with Crippen LogP contribution in [0.2, 0.25) is 0 Å². The highest BCUT2D eigenvalue weighted by Crippen LogP contribution is 2.27. The van der Waals surface area contributed by atoms with E-state index < -0.39 is 9.84 Å². The molecule has 0 saturated heterocycles. The number of hydrogen-bond donors (Lipinski definition) is 1. The normalized spacial score (nSPS) is 27.4. The number of hydrogen-bond acceptors (Lipinski definition) is 4. The summed E-state index contributed by atoms with van der Waals surface area (Å²) in [6.45, 7) is 1.07. The predicted octanol–water partition coefficient (Wildman–Crippen LogP) is 1.19. The quantitative estimate of drug-likeness (QED) is 0.799. The molecule has 1 amide bonds. The first-order chi connectivity index (χ1) is 9.88. The molecule has 0 aromatic heterocycles. The minimum atomic E-state index is -3.05. The Hall–Kier alpha value is -0.620. The van der Waals surface area contributed by atoms with Crippen molar-refractivity contribution >= 4 is 15.7 Å². The molecule has 2 atom stereocenters. The minimum Gasteiger partial charge on any atom is -0.355 e. The van der Waals surface area contributed by atoms with E-state index in [1.807, 2.05) is 11.9 Å². The number of carbonyl (C=O) groups excluding carboxylic acids is 1. The van der Waals surface area contributed by atoms with Gasteiger partial charge in [-0.3, -0.25) is 9.69 Å². The molecular weight excluding hydrogens is 288 g/mol. The summed E-state index contributed by atoms with van der Waals surface area (Å²) in [5.41, 5.74) is 0. The van der Waals surface area contributed by atoms with E-state index in [4.69, 9.17) is 0 Å². The van der Waals surface area contributed by atoms with E-state index >= 15 is 0 Å². The van der Waals surface area contributed by atoms with E-state index in [0.29, 0.717) is 12.5 Å². The van der Waals surface area contributed by atoms with Crippen molar-refractivity contribution in [2.24, 2.45) is 5.92 Å². The maximum absolute atomic E-state index is 12.0. The van der Waals surface area contributed by atoms with Gasteiger partial charge in [0, 0.05) is 18.8 Å². The summed E-state index contributed by atoms with van der Waals surface area (Å²) in [6, 6.07) is -0.0248. The zero-order valence-electron chi connectivity index (χ0n) is 13.2. The van der Waals surface area contributed by atoms with Gasteiger partial charge < -0.3 is 5.32 Å². The molecule has 0 aliphatic heterocycles. The third-order valence-electron chi connectivity index (χ3n) is 4.99. The van der Waals surface area contributed by atoms with Crippen molar-refractivity contribution < 1.29 is 13.2 Å². The van der Waals surface area contributed by atoms with E-state index in [0.717, 1.165) is 32.2 Å². The van der Waals surface area contributed by atoms with Crippen molar-refractivity contribution in [3.05, 3.63) is 0 Å². The molecule has 2 aliphatic rings. The first-order valence-corrected chi connectivity index (χ1v) is 9.99. The van der Waals surface area contributed by atoms with Crippen LogP contribution in [0.5, 0.6) is 0 Å². The van der Waals surface area contributed by atoms with Crippen LogP contribution in [0, 0.1) is 5.92 Å². The largest absolute Gasteiger partial charge is 0.355 e. The molecule has 2 rings (SSSR count). The van der Waals surface area contributed by atoms with Crippen LogP contribution in [0.15, 0.2) is 0 Å². The molecule has 5 nitrogen and oxygen atoms in total. The predicted molar refractivity (Wildman–Crippen MR) is 83.9 cm³/mol. The van der Waals surface area contributed by atoms with Crippen molar-refractivity contribution in [3.8, 4) is 0 Å². The van der Waals surface area contributed by atoms with Crippen molar-refractivity contribution in [2.45, 2.75) is 56.2 Å². The van der Waals surface area contributed by atoms with Gasteiger partial charge in [-0.15, -0.1) is 0 Å². The number of nitrogens with zero attached hydrogens (tertiary/aromatic N) is 1. The van der Waals surface area contributed by atoms with Gasteiger partial charge in [0.25, 0.3) is 0 Å². The number of amides is 1. The maximum atomic E-state index is 12.0. The fourth-order valence-corrected chi connectivity index (χ4v) is 4.95. The molecular formula is C15H28N2O3S. The monoisotopic (exact) mass is 316 g/mol. The first kappa shape index (κ1) is 16.7. The van der Waals surface area contributed by atoms with Gasteiger partial charge in [0.1, 0.15) is 0 Å². The molecule has 122 valence electrons. The number of sulfone groups is 1. The van der Waals surface area contributed by atoms with Crippen molar-refractivity contribution in [2.75, 3.05) is 26.4 Å². The third kappa shape index (κ3) is 4.68. The molecule has 0 unspecified atom stereocenters. The van der Waals surface area contributed by atoms with E-state index in [9.17, 15) is 13.2 Å². The molecule has 2 aliphatic carbocycles. The molecule has 6 heteroatoms. The van der Waals surface area contributed by atoms with Crippen LogP contribution in [0.1, 0.15) is 44.9 Å². The molecule has 0 aromatic carbocycles. The molecule has 0 bridgehead atoms. The van der Waals surface area contributed by atoms with Crippen LogP contribution in [0.4, 0.5) is 0 Å². The fraction of sp³-hybridized carbons (Fsp3) is 0.933. The highest BCUT2D eigenvalue weighted by atomic mass is 32.2. The maximum Gasteiger partial charge on any atom is 0.234 e. The van der Waals surface area contributed by atoms with Gasteiger partial charge in [0.05, 0.1) is 11.8 Å². The molecule has 0 spiro atoms. The Kier molecular flexibility index (Phi) is 5.66. The van der Waals surface area contributed by atoms with Crippen LogP contribution < -0.4 is 5.32 Å². The van der Waals surface area contributed by atoms with Crippen LogP contribution >= 0.6 is 0 Å². The number of likely N-dealkylation sites (N-methyl/N-ethyl adjacent to an activating group) is 1. The lowest BCUT2D eigenvalue weighted by molar-refractivity contribution is -0.122. The Morgan fingerprint density at radius 1 is 1.14 bits per heavy atom. The van der Waals surface area contributed by atoms with Crippen molar-refractivity contribution in [1.82, 2.24) is 10.2 Å². The first-order valence-electron chi connectivity index (χ1n) is 8.03. The summed E-state index contributed by atoms with van der Waals surface area (Å²) < 4.78 is 23.8. The van der Waals surface area contributed by atoms with Gasteiger partial charge in [-0.25, -0.2) is 8.42 Å². The molecule has 21 heavy (non-hydrogen) atoms. The second-order valence-corrected chi connectivity index (χ2v) is 9.00. The zero-order valence-corrected chi connectivity index (χ0v) is 14.0. The van der Waals surface area contributed by atoms with Crippen LogP contribution in [-0.2, 0) is 14.6 Å². The average Bonchev–Trinajstić information content (AvgIpc) is 2.35. The average molecular weight is 316 g/mol. The molecule has 0 radical (unpaired) electrons. The van der Waals surface area contributed by atoms with Gasteiger partial charge in [0.2, 0.25) is 5.91 Å². The van der Waals surface area contributed by atoms with E-state index in [-0.39, 0.29) is 17.2 Å². The SMILES string of the molecule is CN(CC(=O)NCC1CCC1)[C@H]1CCCC[C@H]1S(C)(=O)=O. The molecule has 2 saturated carbocycles. The summed E-state index contributed by atoms with van der Waals surface area (Å²) >= 11 is 0. The Labute approximate surface area is 128 Å². The molecule has 2 fully saturated rings. The molecule has 0 heterocycles. The van der Waals surface area contributed by atoms with Gasteiger partial charge in [-0.2, -0.15) is 0 Å².